The van der Waals surface area contributed by atoms with Crippen molar-refractivity contribution in [1.82, 2.24) is 15.5 Å². The third-order valence-electron chi connectivity index (χ3n) is 5.15. The van der Waals surface area contributed by atoms with Crippen molar-refractivity contribution < 1.29 is 17.9 Å². The van der Waals surface area contributed by atoms with Crippen LogP contribution in [0.15, 0.2) is 47.5 Å². The Balaban J connectivity index is 0.00000341. The van der Waals surface area contributed by atoms with E-state index < -0.39 is 11.6 Å². The fourth-order valence-corrected chi connectivity index (χ4v) is 3.50. The minimum atomic E-state index is -0.845. The van der Waals surface area contributed by atoms with Crippen LogP contribution in [-0.2, 0) is 11.2 Å². The second kappa shape index (κ2) is 12.9. The predicted molar refractivity (Wildman–Crippen MR) is 126 cm³/mol. The summed E-state index contributed by atoms with van der Waals surface area (Å²) in [6.07, 6.45) is 0.329. The molecule has 1 unspecified atom stereocenters. The van der Waals surface area contributed by atoms with Crippen molar-refractivity contribution in [2.75, 3.05) is 46.4 Å². The highest BCUT2D eigenvalue weighted by Crippen LogP contribution is 2.21. The number of guanidine groups is 1. The molecule has 1 atom stereocenters. The molecule has 170 valence electrons. The average molecular weight is 548 g/mol. The molecule has 9 heteroatoms. The van der Waals surface area contributed by atoms with Crippen LogP contribution >= 0.6 is 24.0 Å². The van der Waals surface area contributed by atoms with E-state index in [-0.39, 0.29) is 35.8 Å². The zero-order chi connectivity index (χ0) is 21.3. The molecule has 0 aromatic heterocycles. The van der Waals surface area contributed by atoms with Crippen LogP contribution in [0.5, 0.6) is 0 Å². The Labute approximate surface area is 198 Å². The van der Waals surface area contributed by atoms with Gasteiger partial charge < -0.3 is 15.4 Å². The fourth-order valence-electron chi connectivity index (χ4n) is 3.50. The summed E-state index contributed by atoms with van der Waals surface area (Å²) in [5.74, 6) is -1.37. The zero-order valence-electron chi connectivity index (χ0n) is 17.4. The van der Waals surface area contributed by atoms with Gasteiger partial charge in [-0.15, -0.1) is 24.0 Å². The first-order valence-corrected chi connectivity index (χ1v) is 10.0. The van der Waals surface area contributed by atoms with E-state index in [0.29, 0.717) is 44.2 Å². The predicted octanol–water partition coefficient (Wildman–Crippen LogP) is 3.50. The van der Waals surface area contributed by atoms with Gasteiger partial charge >= 0.3 is 0 Å². The maximum atomic E-state index is 13.8. The lowest BCUT2D eigenvalue weighted by Crippen LogP contribution is -2.46. The summed E-state index contributed by atoms with van der Waals surface area (Å²) < 4.78 is 45.9. The molecule has 2 aromatic rings. The molecule has 1 aliphatic heterocycles. The molecule has 0 radical (unpaired) electrons. The number of ether oxygens (including phenoxy) is 1. The number of morpholine rings is 1. The highest BCUT2D eigenvalue weighted by atomic mass is 127. The molecule has 5 nitrogen and oxygen atoms in total. The van der Waals surface area contributed by atoms with Crippen LogP contribution in [0.1, 0.15) is 17.2 Å². The van der Waals surface area contributed by atoms with E-state index in [1.165, 1.54) is 18.2 Å². The summed E-state index contributed by atoms with van der Waals surface area (Å²) in [4.78, 5) is 6.50. The van der Waals surface area contributed by atoms with E-state index in [0.717, 1.165) is 24.7 Å². The quantitative estimate of drug-likeness (QED) is 0.316. The molecular formula is C22H28F3IN4O. The molecule has 31 heavy (non-hydrogen) atoms. The van der Waals surface area contributed by atoms with E-state index in [1.54, 1.807) is 25.2 Å². The molecule has 0 bridgehead atoms. The van der Waals surface area contributed by atoms with Gasteiger partial charge in [-0.2, -0.15) is 0 Å². The Morgan fingerprint density at radius 1 is 1.06 bits per heavy atom. The van der Waals surface area contributed by atoms with Crippen LogP contribution in [0.4, 0.5) is 13.2 Å². The van der Waals surface area contributed by atoms with Crippen LogP contribution in [-0.4, -0.2) is 57.3 Å². The molecule has 1 fully saturated rings. The third kappa shape index (κ3) is 7.36. The SMILES string of the molecule is CN=C(NCCc1cccc(F)c1F)NCC(c1ccc(F)cc1)N1CCOCC1.I. The summed E-state index contributed by atoms with van der Waals surface area (Å²) in [5.41, 5.74) is 1.32. The third-order valence-corrected chi connectivity index (χ3v) is 5.15. The molecule has 0 spiro atoms. The molecular weight excluding hydrogens is 520 g/mol. The maximum absolute atomic E-state index is 13.8. The van der Waals surface area contributed by atoms with E-state index in [9.17, 15) is 13.2 Å². The smallest absolute Gasteiger partial charge is 0.191 e. The minimum Gasteiger partial charge on any atom is -0.379 e. The number of halogens is 4. The lowest BCUT2D eigenvalue weighted by Gasteiger charge is -2.35. The first-order valence-electron chi connectivity index (χ1n) is 10.0. The van der Waals surface area contributed by atoms with Crippen molar-refractivity contribution in [3.63, 3.8) is 0 Å². The topological polar surface area (TPSA) is 48.9 Å². The Hall–Kier alpha value is -1.85. The molecule has 3 rings (SSSR count). The number of hydrogen-bond acceptors (Lipinski definition) is 3. The highest BCUT2D eigenvalue weighted by molar-refractivity contribution is 14.0. The van der Waals surface area contributed by atoms with Gasteiger partial charge in [-0.1, -0.05) is 24.3 Å². The Morgan fingerprint density at radius 3 is 2.45 bits per heavy atom. The molecule has 1 saturated heterocycles. The molecule has 1 aliphatic rings. The van der Waals surface area contributed by atoms with Gasteiger partial charge in [0.2, 0.25) is 0 Å². The van der Waals surface area contributed by atoms with Crippen LogP contribution in [0.25, 0.3) is 0 Å². The van der Waals surface area contributed by atoms with Gasteiger partial charge in [0.1, 0.15) is 5.82 Å². The summed E-state index contributed by atoms with van der Waals surface area (Å²) >= 11 is 0. The number of nitrogens with one attached hydrogen (secondary N) is 2. The molecule has 1 heterocycles. The number of benzene rings is 2. The second-order valence-electron chi connectivity index (χ2n) is 7.06. The Morgan fingerprint density at radius 2 is 1.77 bits per heavy atom. The molecule has 0 aliphatic carbocycles. The number of hydrogen-bond donors (Lipinski definition) is 2. The normalized spacial score (nSPS) is 15.8. The lowest BCUT2D eigenvalue weighted by molar-refractivity contribution is 0.0170. The second-order valence-corrected chi connectivity index (χ2v) is 7.06. The van der Waals surface area contributed by atoms with E-state index >= 15 is 0 Å². The van der Waals surface area contributed by atoms with Gasteiger partial charge in [0.15, 0.2) is 17.6 Å². The van der Waals surface area contributed by atoms with Crippen molar-refractivity contribution in [1.29, 1.82) is 0 Å². The van der Waals surface area contributed by atoms with Crippen LogP contribution in [0.2, 0.25) is 0 Å². The van der Waals surface area contributed by atoms with E-state index in [4.69, 9.17) is 4.74 Å². The van der Waals surface area contributed by atoms with Gasteiger partial charge in [0, 0.05) is 33.2 Å². The van der Waals surface area contributed by atoms with Gasteiger partial charge in [-0.05, 0) is 35.7 Å². The standard InChI is InChI=1S/C22H27F3N4O.HI/c1-26-22(27-10-9-17-3-2-4-19(24)21(17)25)28-15-20(29-11-13-30-14-12-29)16-5-7-18(23)8-6-16;/h2-8,20H,9-15H2,1H3,(H2,26,27,28);1H. The van der Waals surface area contributed by atoms with Crippen molar-refractivity contribution in [3.05, 3.63) is 71.0 Å². The van der Waals surface area contributed by atoms with Crippen LogP contribution < -0.4 is 10.6 Å². The number of aliphatic imine (C=N–C) groups is 1. The van der Waals surface area contributed by atoms with Gasteiger partial charge in [0.25, 0.3) is 0 Å². The lowest BCUT2D eigenvalue weighted by atomic mass is 10.0. The highest BCUT2D eigenvalue weighted by Gasteiger charge is 2.23. The molecule has 2 N–H and O–H groups in total. The maximum Gasteiger partial charge on any atom is 0.191 e. The van der Waals surface area contributed by atoms with Gasteiger partial charge in [0.05, 0.1) is 19.3 Å². The zero-order valence-corrected chi connectivity index (χ0v) is 19.7. The Bertz CT molecular complexity index is 845. The van der Waals surface area contributed by atoms with E-state index in [2.05, 4.69) is 20.5 Å². The summed E-state index contributed by atoms with van der Waals surface area (Å²) in [5, 5.41) is 6.42. The average Bonchev–Trinajstić information content (AvgIpc) is 2.77. The van der Waals surface area contributed by atoms with Crippen molar-refractivity contribution >= 4 is 29.9 Å². The first-order chi connectivity index (χ1) is 14.6. The Kier molecular flexibility index (Phi) is 10.6. The molecule has 0 amide bonds. The van der Waals surface area contributed by atoms with E-state index in [1.807, 2.05) is 0 Å². The summed E-state index contributed by atoms with van der Waals surface area (Å²) in [6.45, 7) is 3.84. The molecule has 0 saturated carbocycles. The summed E-state index contributed by atoms with van der Waals surface area (Å²) in [6, 6.07) is 10.7. The fraction of sp³-hybridized carbons (Fsp3) is 0.409. The largest absolute Gasteiger partial charge is 0.379 e. The van der Waals surface area contributed by atoms with Gasteiger partial charge in [-0.3, -0.25) is 9.89 Å². The monoisotopic (exact) mass is 548 g/mol. The van der Waals surface area contributed by atoms with Crippen molar-refractivity contribution in [3.8, 4) is 0 Å². The number of rotatable bonds is 7. The van der Waals surface area contributed by atoms with Gasteiger partial charge in [-0.25, -0.2) is 13.2 Å². The minimum absolute atomic E-state index is 0. The first kappa shape index (κ1) is 25.4. The molecule has 2 aromatic carbocycles. The van der Waals surface area contributed by atoms with Crippen LogP contribution in [0, 0.1) is 17.5 Å². The van der Waals surface area contributed by atoms with Crippen molar-refractivity contribution in [2.45, 2.75) is 12.5 Å². The van der Waals surface area contributed by atoms with Crippen LogP contribution in [0.3, 0.4) is 0 Å². The van der Waals surface area contributed by atoms with Crippen molar-refractivity contribution in [2.24, 2.45) is 4.99 Å². The number of nitrogens with zero attached hydrogens (tertiary/aromatic N) is 2. The summed E-state index contributed by atoms with van der Waals surface area (Å²) in [7, 11) is 1.65.